The Kier molecular flexibility index (Phi) is 5.55. The normalized spacial score (nSPS) is 14.6. The van der Waals surface area contributed by atoms with Crippen molar-refractivity contribution in [1.82, 2.24) is 5.32 Å². The molecule has 1 aromatic rings. The molecular weight excluding hydrogens is 221 g/mol. The minimum Gasteiger partial charge on any atom is -0.384 e. The zero-order valence-electron chi connectivity index (χ0n) is 10.4. The lowest BCUT2D eigenvalue weighted by Gasteiger charge is -2.27. The molecule has 0 heterocycles. The van der Waals surface area contributed by atoms with E-state index in [-0.39, 0.29) is 5.82 Å². The van der Waals surface area contributed by atoms with Gasteiger partial charge in [0.2, 0.25) is 0 Å². The van der Waals surface area contributed by atoms with E-state index in [1.54, 1.807) is 19.2 Å². The molecule has 0 aliphatic carbocycles. The summed E-state index contributed by atoms with van der Waals surface area (Å²) in [6, 6.07) is 6.10. The van der Waals surface area contributed by atoms with E-state index in [4.69, 9.17) is 4.74 Å². The molecule has 0 saturated carbocycles. The van der Waals surface area contributed by atoms with Crippen LogP contribution < -0.4 is 5.32 Å². The number of aliphatic hydroxyl groups is 1. The summed E-state index contributed by atoms with van der Waals surface area (Å²) in [5.74, 6) is -0.328. The Labute approximate surface area is 102 Å². The van der Waals surface area contributed by atoms with E-state index in [0.29, 0.717) is 31.7 Å². The standard InChI is InChI=1S/C13H20FNO2/c1-3-13(16,10-15-7-8-17-2)11-5-4-6-12(14)9-11/h4-6,9,15-16H,3,7-8,10H2,1-2H3. The maximum Gasteiger partial charge on any atom is 0.123 e. The van der Waals surface area contributed by atoms with Crippen LogP contribution in [0, 0.1) is 5.82 Å². The maximum atomic E-state index is 13.1. The molecule has 0 spiro atoms. The lowest BCUT2D eigenvalue weighted by atomic mass is 9.91. The molecule has 3 nitrogen and oxygen atoms in total. The van der Waals surface area contributed by atoms with Gasteiger partial charge in [-0.05, 0) is 24.1 Å². The van der Waals surface area contributed by atoms with Crippen LogP contribution in [0.5, 0.6) is 0 Å². The van der Waals surface area contributed by atoms with Crippen LogP contribution in [0.3, 0.4) is 0 Å². The van der Waals surface area contributed by atoms with Gasteiger partial charge in [-0.25, -0.2) is 4.39 Å². The summed E-state index contributed by atoms with van der Waals surface area (Å²) in [7, 11) is 1.63. The first-order valence-electron chi connectivity index (χ1n) is 5.80. The lowest BCUT2D eigenvalue weighted by Crippen LogP contribution is -2.38. The fourth-order valence-corrected chi connectivity index (χ4v) is 1.68. The van der Waals surface area contributed by atoms with Crippen molar-refractivity contribution in [3.05, 3.63) is 35.6 Å². The molecular formula is C13H20FNO2. The molecule has 17 heavy (non-hydrogen) atoms. The molecule has 0 radical (unpaired) electrons. The SMILES string of the molecule is CCC(O)(CNCCOC)c1cccc(F)c1. The molecule has 96 valence electrons. The van der Waals surface area contributed by atoms with Gasteiger partial charge in [-0.15, -0.1) is 0 Å². The molecule has 0 fully saturated rings. The Bertz CT molecular complexity index is 346. The highest BCUT2D eigenvalue weighted by Crippen LogP contribution is 2.24. The number of rotatable bonds is 7. The second-order valence-corrected chi connectivity index (χ2v) is 4.07. The van der Waals surface area contributed by atoms with E-state index >= 15 is 0 Å². The summed E-state index contributed by atoms with van der Waals surface area (Å²) in [6.45, 7) is 3.51. The number of halogens is 1. The van der Waals surface area contributed by atoms with Crippen molar-refractivity contribution in [2.45, 2.75) is 18.9 Å². The fraction of sp³-hybridized carbons (Fsp3) is 0.538. The second-order valence-electron chi connectivity index (χ2n) is 4.07. The average Bonchev–Trinajstić information content (AvgIpc) is 2.34. The summed E-state index contributed by atoms with van der Waals surface area (Å²) >= 11 is 0. The van der Waals surface area contributed by atoms with E-state index in [1.165, 1.54) is 12.1 Å². The first-order valence-corrected chi connectivity index (χ1v) is 5.80. The van der Waals surface area contributed by atoms with Gasteiger partial charge in [0.05, 0.1) is 6.61 Å². The zero-order chi connectivity index (χ0) is 12.7. The highest BCUT2D eigenvalue weighted by atomic mass is 19.1. The molecule has 0 saturated heterocycles. The Balaban J connectivity index is 2.67. The minimum atomic E-state index is -1.03. The van der Waals surface area contributed by atoms with Crippen molar-refractivity contribution in [3.63, 3.8) is 0 Å². The number of hydrogen-bond donors (Lipinski definition) is 2. The molecule has 1 aromatic carbocycles. The Hall–Kier alpha value is -0.970. The highest BCUT2D eigenvalue weighted by Gasteiger charge is 2.26. The summed E-state index contributed by atoms with van der Waals surface area (Å²) in [5.41, 5.74) is -0.430. The third-order valence-corrected chi connectivity index (χ3v) is 2.85. The van der Waals surface area contributed by atoms with Gasteiger partial charge >= 0.3 is 0 Å². The van der Waals surface area contributed by atoms with Gasteiger partial charge in [0, 0.05) is 20.2 Å². The summed E-state index contributed by atoms with van der Waals surface area (Å²) in [5, 5.41) is 13.5. The molecule has 0 bridgehead atoms. The van der Waals surface area contributed by atoms with Crippen LogP contribution in [-0.2, 0) is 10.3 Å². The summed E-state index contributed by atoms with van der Waals surface area (Å²) in [6.07, 6.45) is 0.524. The zero-order valence-corrected chi connectivity index (χ0v) is 10.4. The first kappa shape index (κ1) is 14.1. The monoisotopic (exact) mass is 241 g/mol. The minimum absolute atomic E-state index is 0.328. The number of ether oxygens (including phenoxy) is 1. The van der Waals surface area contributed by atoms with Gasteiger partial charge in [-0.1, -0.05) is 19.1 Å². The van der Waals surface area contributed by atoms with Crippen molar-refractivity contribution in [3.8, 4) is 0 Å². The molecule has 1 unspecified atom stereocenters. The number of methoxy groups -OCH3 is 1. The van der Waals surface area contributed by atoms with Crippen LogP contribution in [0.15, 0.2) is 24.3 Å². The third-order valence-electron chi connectivity index (χ3n) is 2.85. The quantitative estimate of drug-likeness (QED) is 0.713. The molecule has 2 N–H and O–H groups in total. The molecule has 0 aliphatic rings. The predicted molar refractivity (Wildman–Crippen MR) is 65.3 cm³/mol. The van der Waals surface area contributed by atoms with E-state index in [9.17, 15) is 9.50 Å². The van der Waals surface area contributed by atoms with Crippen LogP contribution >= 0.6 is 0 Å². The lowest BCUT2D eigenvalue weighted by molar-refractivity contribution is 0.0309. The molecule has 4 heteroatoms. The van der Waals surface area contributed by atoms with Crippen molar-refractivity contribution in [2.75, 3.05) is 26.8 Å². The highest BCUT2D eigenvalue weighted by molar-refractivity contribution is 5.23. The Morgan fingerprint density at radius 1 is 1.47 bits per heavy atom. The van der Waals surface area contributed by atoms with Crippen LogP contribution in [-0.4, -0.2) is 31.9 Å². The molecule has 1 atom stereocenters. The van der Waals surface area contributed by atoms with E-state index < -0.39 is 5.60 Å². The van der Waals surface area contributed by atoms with Crippen molar-refractivity contribution >= 4 is 0 Å². The molecule has 0 aliphatic heterocycles. The van der Waals surface area contributed by atoms with E-state index in [1.807, 2.05) is 6.92 Å². The molecule has 1 rings (SSSR count). The van der Waals surface area contributed by atoms with Gasteiger partial charge < -0.3 is 15.2 Å². The predicted octanol–water partition coefficient (Wildman–Crippen LogP) is 1.66. The van der Waals surface area contributed by atoms with Gasteiger partial charge in [0.15, 0.2) is 0 Å². The van der Waals surface area contributed by atoms with Crippen molar-refractivity contribution in [1.29, 1.82) is 0 Å². The largest absolute Gasteiger partial charge is 0.384 e. The van der Waals surface area contributed by atoms with Crippen LogP contribution in [0.25, 0.3) is 0 Å². The third kappa shape index (κ3) is 4.07. The van der Waals surface area contributed by atoms with Crippen LogP contribution in [0.1, 0.15) is 18.9 Å². The topological polar surface area (TPSA) is 41.5 Å². The van der Waals surface area contributed by atoms with Crippen molar-refractivity contribution < 1.29 is 14.2 Å². The maximum absolute atomic E-state index is 13.1. The first-order chi connectivity index (χ1) is 8.12. The van der Waals surface area contributed by atoms with Gasteiger partial charge in [-0.3, -0.25) is 0 Å². The average molecular weight is 241 g/mol. The number of nitrogens with one attached hydrogen (secondary N) is 1. The van der Waals surface area contributed by atoms with E-state index in [0.717, 1.165) is 0 Å². The van der Waals surface area contributed by atoms with Gasteiger partial charge in [0.25, 0.3) is 0 Å². The Morgan fingerprint density at radius 2 is 2.24 bits per heavy atom. The summed E-state index contributed by atoms with van der Waals surface area (Å²) in [4.78, 5) is 0. The van der Waals surface area contributed by atoms with E-state index in [2.05, 4.69) is 5.32 Å². The molecule has 0 aromatic heterocycles. The van der Waals surface area contributed by atoms with Crippen molar-refractivity contribution in [2.24, 2.45) is 0 Å². The Morgan fingerprint density at radius 3 is 2.82 bits per heavy atom. The summed E-state index contributed by atoms with van der Waals surface area (Å²) < 4.78 is 18.0. The van der Waals surface area contributed by atoms with Gasteiger partial charge in [0.1, 0.15) is 11.4 Å². The van der Waals surface area contributed by atoms with Crippen LogP contribution in [0.4, 0.5) is 4.39 Å². The smallest absolute Gasteiger partial charge is 0.123 e. The molecule has 0 amide bonds. The fourth-order valence-electron chi connectivity index (χ4n) is 1.68. The number of hydrogen-bond acceptors (Lipinski definition) is 3. The van der Waals surface area contributed by atoms with Crippen LogP contribution in [0.2, 0.25) is 0 Å². The number of benzene rings is 1. The second kappa shape index (κ2) is 6.69. The van der Waals surface area contributed by atoms with Gasteiger partial charge in [-0.2, -0.15) is 0 Å².